The minimum Gasteiger partial charge on any atom is -0.461 e. The van der Waals surface area contributed by atoms with Gasteiger partial charge in [0.2, 0.25) is 0 Å². The summed E-state index contributed by atoms with van der Waals surface area (Å²) in [6, 6.07) is 10.4. The molecule has 2 heteroatoms. The predicted molar refractivity (Wildman–Crippen MR) is 65.6 cm³/mol. The average molecular weight is 215 g/mol. The lowest BCUT2D eigenvalue weighted by Crippen LogP contribution is -2.13. The topological polar surface area (TPSA) is 25.2 Å². The number of hydrogen-bond acceptors (Lipinski definition) is 2. The number of furan rings is 1. The van der Waals surface area contributed by atoms with Crippen LogP contribution < -0.4 is 5.32 Å². The van der Waals surface area contributed by atoms with E-state index in [0.717, 1.165) is 30.4 Å². The Labute approximate surface area is 95.6 Å². The van der Waals surface area contributed by atoms with Gasteiger partial charge in [-0.05, 0) is 37.6 Å². The molecule has 2 atom stereocenters. The van der Waals surface area contributed by atoms with Crippen LogP contribution in [0.1, 0.15) is 25.0 Å². The van der Waals surface area contributed by atoms with E-state index >= 15 is 0 Å². The Morgan fingerprint density at radius 1 is 1.38 bits per heavy atom. The van der Waals surface area contributed by atoms with Crippen LogP contribution in [0.15, 0.2) is 34.7 Å². The molecule has 1 aromatic carbocycles. The van der Waals surface area contributed by atoms with Crippen LogP contribution in [-0.4, -0.2) is 13.1 Å². The summed E-state index contributed by atoms with van der Waals surface area (Å²) in [7, 11) is 0. The first-order chi connectivity index (χ1) is 7.84. The Bertz CT molecular complexity index is 449. The van der Waals surface area contributed by atoms with E-state index in [0.29, 0.717) is 5.92 Å². The van der Waals surface area contributed by atoms with E-state index in [1.165, 1.54) is 11.8 Å². The maximum atomic E-state index is 5.91. The lowest BCUT2D eigenvalue weighted by Gasteiger charge is -2.15. The van der Waals surface area contributed by atoms with E-state index in [-0.39, 0.29) is 0 Å². The molecule has 1 N–H and O–H groups in total. The highest BCUT2D eigenvalue weighted by Gasteiger charge is 2.24. The lowest BCUT2D eigenvalue weighted by molar-refractivity contribution is 0.409. The summed E-state index contributed by atoms with van der Waals surface area (Å²) < 4.78 is 5.91. The number of fused-ring (bicyclic) bond motifs is 1. The fraction of sp³-hybridized carbons (Fsp3) is 0.429. The van der Waals surface area contributed by atoms with Crippen LogP contribution in [0.4, 0.5) is 0 Å². The Morgan fingerprint density at radius 2 is 2.25 bits per heavy atom. The average Bonchev–Trinajstić information content (AvgIpc) is 2.97. The van der Waals surface area contributed by atoms with Crippen LogP contribution in [0.3, 0.4) is 0 Å². The number of benzene rings is 1. The Balaban J connectivity index is 1.92. The molecule has 2 unspecified atom stereocenters. The number of rotatable bonds is 2. The number of nitrogens with one attached hydrogen (secondary N) is 1. The molecule has 0 saturated carbocycles. The molecule has 84 valence electrons. The molecule has 1 aromatic heterocycles. The summed E-state index contributed by atoms with van der Waals surface area (Å²) in [4.78, 5) is 0. The van der Waals surface area contributed by atoms with Gasteiger partial charge in [0.25, 0.3) is 0 Å². The van der Waals surface area contributed by atoms with Crippen molar-refractivity contribution in [3.63, 3.8) is 0 Å². The molecular weight excluding hydrogens is 198 g/mol. The Kier molecular flexibility index (Phi) is 2.44. The summed E-state index contributed by atoms with van der Waals surface area (Å²) in [5, 5.41) is 4.63. The van der Waals surface area contributed by atoms with Gasteiger partial charge in [-0.25, -0.2) is 0 Å². The molecule has 2 heterocycles. The van der Waals surface area contributed by atoms with Crippen molar-refractivity contribution in [2.45, 2.75) is 19.3 Å². The van der Waals surface area contributed by atoms with Crippen LogP contribution in [0.25, 0.3) is 11.0 Å². The Morgan fingerprint density at radius 3 is 3.00 bits per heavy atom. The molecular formula is C14H17NO. The molecule has 0 aliphatic carbocycles. The normalized spacial score (nSPS) is 22.7. The van der Waals surface area contributed by atoms with Crippen LogP contribution in [0.2, 0.25) is 0 Å². The zero-order valence-corrected chi connectivity index (χ0v) is 9.57. The van der Waals surface area contributed by atoms with Gasteiger partial charge < -0.3 is 9.73 Å². The van der Waals surface area contributed by atoms with E-state index in [1.807, 2.05) is 12.1 Å². The van der Waals surface area contributed by atoms with E-state index in [1.54, 1.807) is 0 Å². The summed E-state index contributed by atoms with van der Waals surface area (Å²) in [5.74, 6) is 2.37. The third-order valence-electron chi connectivity index (χ3n) is 3.70. The van der Waals surface area contributed by atoms with E-state index < -0.39 is 0 Å². The van der Waals surface area contributed by atoms with Gasteiger partial charge in [0, 0.05) is 11.3 Å². The van der Waals surface area contributed by atoms with Gasteiger partial charge in [-0.1, -0.05) is 25.1 Å². The Hall–Kier alpha value is -1.28. The van der Waals surface area contributed by atoms with Crippen LogP contribution in [0.5, 0.6) is 0 Å². The van der Waals surface area contributed by atoms with Crippen molar-refractivity contribution in [3.05, 3.63) is 36.1 Å². The smallest absolute Gasteiger partial charge is 0.134 e. The third-order valence-corrected chi connectivity index (χ3v) is 3.70. The fourth-order valence-corrected chi connectivity index (χ4v) is 2.56. The molecule has 1 aliphatic rings. The zero-order valence-electron chi connectivity index (χ0n) is 9.57. The van der Waals surface area contributed by atoms with Gasteiger partial charge in [0.15, 0.2) is 0 Å². The second kappa shape index (κ2) is 3.95. The zero-order chi connectivity index (χ0) is 11.0. The van der Waals surface area contributed by atoms with E-state index in [4.69, 9.17) is 4.42 Å². The van der Waals surface area contributed by atoms with Crippen molar-refractivity contribution in [1.29, 1.82) is 0 Å². The van der Waals surface area contributed by atoms with E-state index in [9.17, 15) is 0 Å². The lowest BCUT2D eigenvalue weighted by atomic mass is 9.91. The predicted octanol–water partition coefficient (Wildman–Crippen LogP) is 3.15. The summed E-state index contributed by atoms with van der Waals surface area (Å²) in [6.07, 6.45) is 1.26. The summed E-state index contributed by atoms with van der Waals surface area (Å²) in [6.45, 7) is 4.54. The van der Waals surface area contributed by atoms with E-state index in [2.05, 4.69) is 30.4 Å². The van der Waals surface area contributed by atoms with Crippen LogP contribution in [-0.2, 0) is 0 Å². The standard InChI is InChI=1S/C14H17NO/c1-10(12-6-7-15-9-12)14-8-11-4-2-3-5-13(11)16-14/h2-5,8,10,12,15H,6-7,9H2,1H3. The first-order valence-corrected chi connectivity index (χ1v) is 6.04. The molecule has 0 bridgehead atoms. The largest absolute Gasteiger partial charge is 0.461 e. The SMILES string of the molecule is CC(c1cc2ccccc2o1)C1CCNC1. The van der Waals surface area contributed by atoms with Crippen molar-refractivity contribution >= 4 is 11.0 Å². The molecule has 0 radical (unpaired) electrons. The monoisotopic (exact) mass is 215 g/mol. The molecule has 0 amide bonds. The molecule has 2 aromatic rings. The van der Waals surface area contributed by atoms with Crippen molar-refractivity contribution in [2.24, 2.45) is 5.92 Å². The number of hydrogen-bond donors (Lipinski definition) is 1. The molecule has 3 rings (SSSR count). The molecule has 0 spiro atoms. The minimum absolute atomic E-state index is 0.516. The maximum absolute atomic E-state index is 5.91. The quantitative estimate of drug-likeness (QED) is 0.832. The number of para-hydroxylation sites is 1. The van der Waals surface area contributed by atoms with Gasteiger partial charge in [0.1, 0.15) is 11.3 Å². The minimum atomic E-state index is 0.516. The van der Waals surface area contributed by atoms with Crippen molar-refractivity contribution in [3.8, 4) is 0 Å². The fourth-order valence-electron chi connectivity index (χ4n) is 2.56. The molecule has 2 nitrogen and oxygen atoms in total. The van der Waals surface area contributed by atoms with Crippen molar-refractivity contribution < 1.29 is 4.42 Å². The van der Waals surface area contributed by atoms with Gasteiger partial charge in [-0.2, -0.15) is 0 Å². The van der Waals surface area contributed by atoms with Crippen molar-refractivity contribution in [1.82, 2.24) is 5.32 Å². The van der Waals surface area contributed by atoms with Gasteiger partial charge in [-0.15, -0.1) is 0 Å². The molecule has 1 fully saturated rings. The van der Waals surface area contributed by atoms with Gasteiger partial charge in [0.05, 0.1) is 0 Å². The van der Waals surface area contributed by atoms with Crippen molar-refractivity contribution in [2.75, 3.05) is 13.1 Å². The molecule has 16 heavy (non-hydrogen) atoms. The summed E-state index contributed by atoms with van der Waals surface area (Å²) in [5.41, 5.74) is 1.01. The highest BCUT2D eigenvalue weighted by Crippen LogP contribution is 2.32. The summed E-state index contributed by atoms with van der Waals surface area (Å²) >= 11 is 0. The highest BCUT2D eigenvalue weighted by atomic mass is 16.3. The van der Waals surface area contributed by atoms with Crippen LogP contribution in [0, 0.1) is 5.92 Å². The third kappa shape index (κ3) is 1.63. The van der Waals surface area contributed by atoms with Crippen LogP contribution >= 0.6 is 0 Å². The second-order valence-corrected chi connectivity index (χ2v) is 4.73. The van der Waals surface area contributed by atoms with Gasteiger partial charge in [-0.3, -0.25) is 0 Å². The highest BCUT2D eigenvalue weighted by molar-refractivity contribution is 5.77. The first-order valence-electron chi connectivity index (χ1n) is 6.04. The maximum Gasteiger partial charge on any atom is 0.134 e. The second-order valence-electron chi connectivity index (χ2n) is 4.73. The first kappa shape index (κ1) is 9.91. The molecule has 1 aliphatic heterocycles. The van der Waals surface area contributed by atoms with Gasteiger partial charge >= 0.3 is 0 Å². The molecule has 1 saturated heterocycles.